The van der Waals surface area contributed by atoms with Crippen molar-refractivity contribution in [1.82, 2.24) is 19.8 Å². The Labute approximate surface area is 168 Å². The first-order valence-corrected chi connectivity index (χ1v) is 9.32. The SMILES string of the molecule is CN1CCN(C(c2ccc(F)cc2)C(O)(c2cccnc2)c2cccnc2)C1=O. The van der Waals surface area contributed by atoms with Gasteiger partial charge in [-0.15, -0.1) is 0 Å². The Bertz CT molecular complexity index is 943. The van der Waals surface area contributed by atoms with E-state index in [1.807, 2.05) is 0 Å². The molecule has 1 aliphatic rings. The highest BCUT2D eigenvalue weighted by molar-refractivity contribution is 5.77. The molecule has 1 N–H and O–H groups in total. The van der Waals surface area contributed by atoms with Gasteiger partial charge < -0.3 is 14.9 Å². The van der Waals surface area contributed by atoms with E-state index in [9.17, 15) is 14.3 Å². The van der Waals surface area contributed by atoms with E-state index in [4.69, 9.17) is 0 Å². The summed E-state index contributed by atoms with van der Waals surface area (Å²) in [6.45, 7) is 0.965. The van der Waals surface area contributed by atoms with E-state index in [0.717, 1.165) is 0 Å². The lowest BCUT2D eigenvalue weighted by molar-refractivity contribution is -0.00298. The molecule has 0 saturated carbocycles. The Morgan fingerprint density at radius 1 is 1.00 bits per heavy atom. The summed E-state index contributed by atoms with van der Waals surface area (Å²) in [6, 6.07) is 11.9. The highest BCUT2D eigenvalue weighted by atomic mass is 19.1. The number of nitrogens with zero attached hydrogens (tertiary/aromatic N) is 4. The van der Waals surface area contributed by atoms with Gasteiger partial charge in [0.25, 0.3) is 0 Å². The number of carbonyl (C=O) groups excluding carboxylic acids is 1. The molecule has 1 atom stereocenters. The van der Waals surface area contributed by atoms with Crippen molar-refractivity contribution in [1.29, 1.82) is 0 Å². The normalized spacial score (nSPS) is 15.6. The first-order valence-electron chi connectivity index (χ1n) is 9.32. The van der Waals surface area contributed by atoms with Crippen LogP contribution < -0.4 is 0 Å². The number of benzene rings is 1. The van der Waals surface area contributed by atoms with E-state index < -0.39 is 11.6 Å². The number of pyridine rings is 2. The van der Waals surface area contributed by atoms with Gasteiger partial charge in [0.2, 0.25) is 0 Å². The third-order valence-corrected chi connectivity index (χ3v) is 5.34. The van der Waals surface area contributed by atoms with Gasteiger partial charge in [0.05, 0.1) is 6.04 Å². The summed E-state index contributed by atoms with van der Waals surface area (Å²) in [7, 11) is 1.72. The van der Waals surface area contributed by atoms with Gasteiger partial charge in [0.1, 0.15) is 11.4 Å². The van der Waals surface area contributed by atoms with Gasteiger partial charge in [-0.1, -0.05) is 24.3 Å². The molecule has 4 rings (SSSR count). The van der Waals surface area contributed by atoms with Crippen LogP contribution in [0.15, 0.2) is 73.3 Å². The number of urea groups is 1. The maximum absolute atomic E-state index is 13.6. The Morgan fingerprint density at radius 3 is 2.03 bits per heavy atom. The fourth-order valence-electron chi connectivity index (χ4n) is 3.86. The zero-order chi connectivity index (χ0) is 20.4. The molecule has 1 unspecified atom stereocenters. The highest BCUT2D eigenvalue weighted by Gasteiger charge is 2.48. The molecule has 2 aromatic heterocycles. The fourth-order valence-corrected chi connectivity index (χ4v) is 3.86. The van der Waals surface area contributed by atoms with Crippen LogP contribution in [0.1, 0.15) is 22.7 Å². The Balaban J connectivity index is 1.96. The molecule has 1 saturated heterocycles. The lowest BCUT2D eigenvalue weighted by Crippen LogP contribution is -2.46. The van der Waals surface area contributed by atoms with E-state index in [0.29, 0.717) is 29.8 Å². The van der Waals surface area contributed by atoms with Crippen molar-refractivity contribution >= 4 is 6.03 Å². The second-order valence-electron chi connectivity index (χ2n) is 7.10. The summed E-state index contributed by atoms with van der Waals surface area (Å²) in [5, 5.41) is 12.2. The van der Waals surface area contributed by atoms with Crippen molar-refractivity contribution in [2.45, 2.75) is 11.6 Å². The van der Waals surface area contributed by atoms with Crippen LogP contribution in [0.2, 0.25) is 0 Å². The average Bonchev–Trinajstić information content (AvgIpc) is 3.09. The van der Waals surface area contributed by atoms with Crippen LogP contribution in [0.25, 0.3) is 0 Å². The first-order chi connectivity index (χ1) is 14.0. The quantitative estimate of drug-likeness (QED) is 0.725. The van der Waals surface area contributed by atoms with Crippen molar-refractivity contribution in [3.05, 3.63) is 95.8 Å². The van der Waals surface area contributed by atoms with Crippen LogP contribution >= 0.6 is 0 Å². The molecule has 0 radical (unpaired) electrons. The van der Waals surface area contributed by atoms with Crippen molar-refractivity contribution in [2.24, 2.45) is 0 Å². The fraction of sp³-hybridized carbons (Fsp3) is 0.227. The van der Waals surface area contributed by atoms with Crippen LogP contribution in [-0.2, 0) is 5.60 Å². The molecule has 2 amide bonds. The first kappa shape index (κ1) is 19.0. The summed E-state index contributed by atoms with van der Waals surface area (Å²) >= 11 is 0. The van der Waals surface area contributed by atoms with E-state index in [2.05, 4.69) is 9.97 Å². The number of hydrogen-bond acceptors (Lipinski definition) is 4. The summed E-state index contributed by atoms with van der Waals surface area (Å²) in [5.74, 6) is -0.385. The number of likely N-dealkylation sites (N-methyl/N-ethyl adjacent to an activating group) is 1. The molecule has 1 aromatic carbocycles. The minimum Gasteiger partial charge on any atom is -0.378 e. The minimum atomic E-state index is -1.64. The highest BCUT2D eigenvalue weighted by Crippen LogP contribution is 2.45. The lowest BCUT2D eigenvalue weighted by atomic mass is 9.77. The second-order valence-corrected chi connectivity index (χ2v) is 7.10. The number of amides is 2. The molecule has 1 fully saturated rings. The molecule has 3 heterocycles. The van der Waals surface area contributed by atoms with E-state index in [1.54, 1.807) is 78.0 Å². The molecule has 1 aliphatic heterocycles. The van der Waals surface area contributed by atoms with Gasteiger partial charge in [-0.2, -0.15) is 0 Å². The summed E-state index contributed by atoms with van der Waals surface area (Å²) in [4.78, 5) is 24.5. The van der Waals surface area contributed by atoms with Crippen molar-refractivity contribution in [3.8, 4) is 0 Å². The molecule has 3 aromatic rings. The Hall–Kier alpha value is -3.32. The van der Waals surface area contributed by atoms with E-state index in [1.165, 1.54) is 12.1 Å². The number of rotatable bonds is 5. The molecule has 0 bridgehead atoms. The van der Waals surface area contributed by atoms with Gasteiger partial charge in [0.15, 0.2) is 0 Å². The van der Waals surface area contributed by atoms with Crippen LogP contribution in [0.3, 0.4) is 0 Å². The molecule has 0 spiro atoms. The molecule has 7 heteroatoms. The van der Waals surface area contributed by atoms with E-state index >= 15 is 0 Å². The molecule has 6 nitrogen and oxygen atoms in total. The summed E-state index contributed by atoms with van der Waals surface area (Å²) < 4.78 is 13.6. The third kappa shape index (κ3) is 3.34. The smallest absolute Gasteiger partial charge is 0.320 e. The lowest BCUT2D eigenvalue weighted by Gasteiger charge is -2.41. The van der Waals surface area contributed by atoms with Gasteiger partial charge >= 0.3 is 6.03 Å². The zero-order valence-corrected chi connectivity index (χ0v) is 15.9. The third-order valence-electron chi connectivity index (χ3n) is 5.34. The number of carbonyl (C=O) groups is 1. The van der Waals surface area contributed by atoms with Gasteiger partial charge in [-0.3, -0.25) is 9.97 Å². The summed E-state index contributed by atoms with van der Waals surface area (Å²) in [5.41, 5.74) is 0.0147. The largest absolute Gasteiger partial charge is 0.378 e. The number of aliphatic hydroxyl groups is 1. The average molecular weight is 392 g/mol. The van der Waals surface area contributed by atoms with Gasteiger partial charge in [0, 0.05) is 56.1 Å². The van der Waals surface area contributed by atoms with Crippen molar-refractivity contribution in [3.63, 3.8) is 0 Å². The van der Waals surface area contributed by atoms with Crippen LogP contribution in [0.4, 0.5) is 9.18 Å². The van der Waals surface area contributed by atoms with Crippen LogP contribution in [0, 0.1) is 5.82 Å². The number of hydrogen-bond donors (Lipinski definition) is 1. The van der Waals surface area contributed by atoms with Crippen LogP contribution in [-0.4, -0.2) is 51.0 Å². The number of halogens is 1. The molecular formula is C22H21FN4O2. The zero-order valence-electron chi connectivity index (χ0n) is 15.9. The molecule has 29 heavy (non-hydrogen) atoms. The minimum absolute atomic E-state index is 0.203. The monoisotopic (exact) mass is 392 g/mol. The molecular weight excluding hydrogens is 371 g/mol. The second kappa shape index (κ2) is 7.60. The molecule has 148 valence electrons. The van der Waals surface area contributed by atoms with Crippen molar-refractivity contribution < 1.29 is 14.3 Å². The standard InChI is InChI=1S/C22H21FN4O2/c1-26-12-13-27(21(26)28)20(16-6-8-19(23)9-7-16)22(29,17-4-2-10-24-14-17)18-5-3-11-25-15-18/h2-11,14-15,20,29H,12-13H2,1H3. The van der Waals surface area contributed by atoms with Crippen molar-refractivity contribution in [2.75, 3.05) is 20.1 Å². The maximum Gasteiger partial charge on any atom is 0.320 e. The topological polar surface area (TPSA) is 69.6 Å². The predicted octanol–water partition coefficient (Wildman–Crippen LogP) is 2.96. The Morgan fingerprint density at radius 2 is 1.59 bits per heavy atom. The number of aromatic nitrogens is 2. The maximum atomic E-state index is 13.6. The Kier molecular flexibility index (Phi) is 4.98. The molecule has 0 aliphatic carbocycles. The van der Waals surface area contributed by atoms with Gasteiger partial charge in [-0.25, -0.2) is 9.18 Å². The predicted molar refractivity (Wildman–Crippen MR) is 105 cm³/mol. The van der Waals surface area contributed by atoms with Gasteiger partial charge in [-0.05, 0) is 29.8 Å². The summed E-state index contributed by atoms with van der Waals surface area (Å²) in [6.07, 6.45) is 6.39. The van der Waals surface area contributed by atoms with Crippen LogP contribution in [0.5, 0.6) is 0 Å². The van der Waals surface area contributed by atoms with E-state index in [-0.39, 0.29) is 11.8 Å².